The quantitative estimate of drug-likeness (QED) is 0.760. The lowest BCUT2D eigenvalue weighted by molar-refractivity contribution is -0.122. The molecule has 128 valence electrons. The first-order chi connectivity index (χ1) is 11.1. The van der Waals surface area contributed by atoms with Crippen molar-refractivity contribution in [2.24, 2.45) is 5.92 Å². The Morgan fingerprint density at radius 3 is 2.96 bits per heavy atom. The number of carbonyl (C=O) groups is 1. The summed E-state index contributed by atoms with van der Waals surface area (Å²) in [5.74, 6) is 1.68. The van der Waals surface area contributed by atoms with Gasteiger partial charge in [-0.15, -0.1) is 0 Å². The van der Waals surface area contributed by atoms with E-state index in [2.05, 4.69) is 49.6 Å². The molecule has 2 unspecified atom stereocenters. The van der Waals surface area contributed by atoms with E-state index in [0.29, 0.717) is 18.9 Å². The predicted molar refractivity (Wildman–Crippen MR) is 93.8 cm³/mol. The molecule has 1 heterocycles. The van der Waals surface area contributed by atoms with Crippen LogP contribution in [0.1, 0.15) is 43.7 Å². The predicted octanol–water partition coefficient (Wildman–Crippen LogP) is 2.97. The van der Waals surface area contributed by atoms with Gasteiger partial charge in [-0.05, 0) is 62.8 Å². The minimum Gasteiger partial charge on any atom is -0.493 e. The molecule has 4 nitrogen and oxygen atoms in total. The zero-order valence-electron chi connectivity index (χ0n) is 14.7. The van der Waals surface area contributed by atoms with Crippen LogP contribution in [0.15, 0.2) is 18.2 Å². The summed E-state index contributed by atoms with van der Waals surface area (Å²) in [6, 6.07) is 6.52. The highest BCUT2D eigenvalue weighted by molar-refractivity contribution is 5.76. The summed E-state index contributed by atoms with van der Waals surface area (Å²) in [5, 5.41) is 6.49. The van der Waals surface area contributed by atoms with E-state index in [-0.39, 0.29) is 11.9 Å². The van der Waals surface area contributed by atoms with Gasteiger partial charge in [0.25, 0.3) is 0 Å². The number of aryl methyl sites for hydroxylation is 2. The van der Waals surface area contributed by atoms with E-state index in [4.69, 9.17) is 4.74 Å². The van der Waals surface area contributed by atoms with Crippen LogP contribution in [-0.2, 0) is 4.79 Å². The third-order valence-corrected chi connectivity index (χ3v) is 4.57. The highest BCUT2D eigenvalue weighted by Gasteiger charge is 2.22. The molecule has 2 rings (SSSR count). The van der Waals surface area contributed by atoms with Crippen molar-refractivity contribution in [3.63, 3.8) is 0 Å². The number of piperidine rings is 1. The molecule has 1 amide bonds. The molecule has 1 fully saturated rings. The van der Waals surface area contributed by atoms with Crippen molar-refractivity contribution in [2.75, 3.05) is 19.7 Å². The van der Waals surface area contributed by atoms with Gasteiger partial charge >= 0.3 is 0 Å². The van der Waals surface area contributed by atoms with E-state index < -0.39 is 0 Å². The first kappa shape index (κ1) is 17.8. The lowest BCUT2D eigenvalue weighted by atomic mass is 9.94. The van der Waals surface area contributed by atoms with Crippen LogP contribution in [0, 0.1) is 19.8 Å². The van der Waals surface area contributed by atoms with Crippen molar-refractivity contribution in [3.05, 3.63) is 29.3 Å². The van der Waals surface area contributed by atoms with E-state index in [1.54, 1.807) is 0 Å². The van der Waals surface area contributed by atoms with Gasteiger partial charge in [0, 0.05) is 19.0 Å². The minimum absolute atomic E-state index is 0.164. The van der Waals surface area contributed by atoms with Crippen LogP contribution in [0.3, 0.4) is 0 Å². The summed E-state index contributed by atoms with van der Waals surface area (Å²) >= 11 is 0. The average Bonchev–Trinajstić information content (AvgIpc) is 2.52. The third kappa shape index (κ3) is 5.87. The van der Waals surface area contributed by atoms with Crippen LogP contribution in [0.25, 0.3) is 0 Å². The molecular weight excluding hydrogens is 288 g/mol. The molecule has 0 aromatic heterocycles. The average molecular weight is 318 g/mol. The van der Waals surface area contributed by atoms with Crippen molar-refractivity contribution in [1.29, 1.82) is 0 Å². The van der Waals surface area contributed by atoms with Crippen molar-refractivity contribution in [1.82, 2.24) is 10.6 Å². The van der Waals surface area contributed by atoms with Crippen LogP contribution >= 0.6 is 0 Å². The maximum Gasteiger partial charge on any atom is 0.220 e. The fourth-order valence-corrected chi connectivity index (χ4v) is 2.89. The zero-order chi connectivity index (χ0) is 16.7. The van der Waals surface area contributed by atoms with Gasteiger partial charge in [-0.1, -0.05) is 19.1 Å². The largest absolute Gasteiger partial charge is 0.493 e. The van der Waals surface area contributed by atoms with Gasteiger partial charge in [0.15, 0.2) is 0 Å². The maximum absolute atomic E-state index is 12.0. The lowest BCUT2D eigenvalue weighted by Crippen LogP contribution is -2.50. The molecule has 0 bridgehead atoms. The van der Waals surface area contributed by atoms with Gasteiger partial charge in [-0.2, -0.15) is 0 Å². The van der Waals surface area contributed by atoms with E-state index in [1.165, 1.54) is 5.56 Å². The normalized spacial score (nSPS) is 21.0. The molecular formula is C19H30N2O2. The Morgan fingerprint density at radius 2 is 2.17 bits per heavy atom. The van der Waals surface area contributed by atoms with Gasteiger partial charge in [0.05, 0.1) is 6.61 Å². The molecule has 2 N–H and O–H groups in total. The second kappa shape index (κ2) is 8.92. The molecule has 1 saturated heterocycles. The third-order valence-electron chi connectivity index (χ3n) is 4.57. The fraction of sp³-hybridized carbons (Fsp3) is 0.632. The maximum atomic E-state index is 12.0. The number of hydrogen-bond acceptors (Lipinski definition) is 3. The minimum atomic E-state index is 0.164. The van der Waals surface area contributed by atoms with Gasteiger partial charge in [0.1, 0.15) is 5.75 Å². The summed E-state index contributed by atoms with van der Waals surface area (Å²) in [7, 11) is 0. The van der Waals surface area contributed by atoms with Crippen LogP contribution in [0.2, 0.25) is 0 Å². The van der Waals surface area contributed by atoms with Gasteiger partial charge in [-0.25, -0.2) is 0 Å². The Labute approximate surface area is 140 Å². The van der Waals surface area contributed by atoms with E-state index in [1.807, 2.05) is 0 Å². The molecule has 1 aromatic carbocycles. The number of hydrogen-bond donors (Lipinski definition) is 2. The monoisotopic (exact) mass is 318 g/mol. The molecule has 23 heavy (non-hydrogen) atoms. The van der Waals surface area contributed by atoms with Crippen LogP contribution < -0.4 is 15.4 Å². The van der Waals surface area contributed by atoms with E-state index >= 15 is 0 Å². The number of ether oxygens (including phenoxy) is 1. The zero-order valence-corrected chi connectivity index (χ0v) is 14.7. The summed E-state index contributed by atoms with van der Waals surface area (Å²) in [6.45, 7) is 8.95. The molecule has 0 spiro atoms. The van der Waals surface area contributed by atoms with Crippen molar-refractivity contribution >= 4 is 5.91 Å². The Hall–Kier alpha value is -1.55. The summed E-state index contributed by atoms with van der Waals surface area (Å²) in [6.07, 6.45) is 3.48. The second-order valence-electron chi connectivity index (χ2n) is 6.72. The molecule has 1 aromatic rings. The molecule has 4 heteroatoms. The highest BCUT2D eigenvalue weighted by Crippen LogP contribution is 2.19. The van der Waals surface area contributed by atoms with Crippen molar-refractivity contribution in [2.45, 2.75) is 52.5 Å². The Bertz CT molecular complexity index is 516. The summed E-state index contributed by atoms with van der Waals surface area (Å²) in [4.78, 5) is 12.0. The van der Waals surface area contributed by atoms with Gasteiger partial charge in [0.2, 0.25) is 5.91 Å². The molecule has 1 aliphatic heterocycles. The Balaban J connectivity index is 1.61. The number of rotatable bonds is 7. The molecule has 2 atom stereocenters. The first-order valence-electron chi connectivity index (χ1n) is 8.76. The van der Waals surface area contributed by atoms with E-state index in [0.717, 1.165) is 43.7 Å². The first-order valence-corrected chi connectivity index (χ1v) is 8.76. The SMILES string of the molecule is Cc1ccc(C)c(OCCCCC(=O)NC2CNCCC2C)c1. The van der Waals surface area contributed by atoms with Gasteiger partial charge in [-0.3, -0.25) is 4.79 Å². The van der Waals surface area contributed by atoms with Crippen LogP contribution in [0.4, 0.5) is 0 Å². The summed E-state index contributed by atoms with van der Waals surface area (Å²) in [5.41, 5.74) is 2.37. The van der Waals surface area contributed by atoms with E-state index in [9.17, 15) is 4.79 Å². The number of nitrogens with one attached hydrogen (secondary N) is 2. The van der Waals surface area contributed by atoms with Crippen molar-refractivity contribution in [3.8, 4) is 5.75 Å². The van der Waals surface area contributed by atoms with Crippen LogP contribution in [0.5, 0.6) is 5.75 Å². The highest BCUT2D eigenvalue weighted by atomic mass is 16.5. The fourth-order valence-electron chi connectivity index (χ4n) is 2.89. The number of amides is 1. The number of benzene rings is 1. The lowest BCUT2D eigenvalue weighted by Gasteiger charge is -2.30. The smallest absolute Gasteiger partial charge is 0.220 e. The Kier molecular flexibility index (Phi) is 6.90. The Morgan fingerprint density at radius 1 is 1.35 bits per heavy atom. The topological polar surface area (TPSA) is 50.4 Å². The van der Waals surface area contributed by atoms with Crippen LogP contribution in [-0.4, -0.2) is 31.6 Å². The number of unbranched alkanes of at least 4 members (excludes halogenated alkanes) is 1. The molecule has 1 aliphatic rings. The summed E-state index contributed by atoms with van der Waals surface area (Å²) < 4.78 is 5.82. The molecule has 0 aliphatic carbocycles. The molecule has 0 saturated carbocycles. The molecule has 0 radical (unpaired) electrons. The standard InChI is InChI=1S/C19H30N2O2/c1-14-7-8-16(3)18(12-14)23-11-5-4-6-19(22)21-17-13-20-10-9-15(17)2/h7-8,12,15,17,20H,4-6,9-11,13H2,1-3H3,(H,21,22). The number of carbonyl (C=O) groups excluding carboxylic acids is 1. The van der Waals surface area contributed by atoms with Crippen molar-refractivity contribution < 1.29 is 9.53 Å². The second-order valence-corrected chi connectivity index (χ2v) is 6.72. The van der Waals surface area contributed by atoms with Gasteiger partial charge < -0.3 is 15.4 Å².